The summed E-state index contributed by atoms with van der Waals surface area (Å²) < 4.78 is 26.7. The minimum atomic E-state index is -3.86. The van der Waals surface area contributed by atoms with Crippen LogP contribution in [-0.4, -0.2) is 31.1 Å². The number of nitrogens with one attached hydrogen (secondary N) is 1. The van der Waals surface area contributed by atoms with Gasteiger partial charge in [0, 0.05) is 11.6 Å². The molecule has 0 radical (unpaired) electrons. The van der Waals surface area contributed by atoms with Crippen LogP contribution < -0.4 is 4.72 Å². The molecule has 122 valence electrons. The lowest BCUT2D eigenvalue weighted by molar-refractivity contribution is 0.0693. The standard InChI is InChI=1S/C15H14ClNO5S/c16-11-3-1-10(2-4-11)7-8-17-23(21,22)12-5-6-14(18)13(9-12)15(19)20/h1-6,9,17-18H,7-8H2,(H,19,20). The Balaban J connectivity index is 2.08. The maximum Gasteiger partial charge on any atom is 0.339 e. The van der Waals surface area contributed by atoms with Crippen LogP contribution in [0.4, 0.5) is 0 Å². The molecule has 23 heavy (non-hydrogen) atoms. The molecule has 2 rings (SSSR count). The summed E-state index contributed by atoms with van der Waals surface area (Å²) in [6.45, 7) is 0.146. The number of sulfonamides is 1. The molecule has 2 aromatic rings. The first kappa shape index (κ1) is 17.3. The summed E-state index contributed by atoms with van der Waals surface area (Å²) in [6.07, 6.45) is 0.459. The van der Waals surface area contributed by atoms with E-state index in [1.807, 2.05) is 0 Å². The van der Waals surface area contributed by atoms with E-state index in [0.29, 0.717) is 11.4 Å². The third kappa shape index (κ3) is 4.44. The topological polar surface area (TPSA) is 104 Å². The van der Waals surface area contributed by atoms with Crippen molar-refractivity contribution in [2.45, 2.75) is 11.3 Å². The van der Waals surface area contributed by atoms with Gasteiger partial charge < -0.3 is 10.2 Å². The summed E-state index contributed by atoms with van der Waals surface area (Å²) in [4.78, 5) is 10.7. The highest BCUT2D eigenvalue weighted by atomic mass is 35.5. The minimum absolute atomic E-state index is 0.146. The van der Waals surface area contributed by atoms with Crippen molar-refractivity contribution in [3.8, 4) is 5.75 Å². The number of carboxylic acids is 1. The Morgan fingerprint density at radius 2 is 1.78 bits per heavy atom. The molecule has 0 atom stereocenters. The maximum atomic E-state index is 12.2. The molecule has 0 heterocycles. The molecule has 0 aliphatic heterocycles. The molecule has 0 saturated carbocycles. The summed E-state index contributed by atoms with van der Waals surface area (Å²) >= 11 is 5.77. The Bertz CT molecular complexity index is 818. The van der Waals surface area contributed by atoms with E-state index in [1.54, 1.807) is 24.3 Å². The van der Waals surface area contributed by atoms with Crippen LogP contribution in [-0.2, 0) is 16.4 Å². The van der Waals surface area contributed by atoms with Crippen molar-refractivity contribution in [2.75, 3.05) is 6.54 Å². The number of hydrogen-bond donors (Lipinski definition) is 3. The molecule has 0 saturated heterocycles. The van der Waals surface area contributed by atoms with Crippen LogP contribution in [0.5, 0.6) is 5.75 Å². The van der Waals surface area contributed by atoms with Gasteiger partial charge in [-0.05, 0) is 42.3 Å². The molecule has 0 spiro atoms. The largest absolute Gasteiger partial charge is 0.507 e. The number of carboxylic acid groups (broad SMARTS) is 1. The van der Waals surface area contributed by atoms with Crippen molar-refractivity contribution in [1.29, 1.82) is 0 Å². The molecule has 0 bridgehead atoms. The average Bonchev–Trinajstić information content (AvgIpc) is 2.49. The third-order valence-electron chi connectivity index (χ3n) is 3.13. The molecule has 0 aromatic heterocycles. The lowest BCUT2D eigenvalue weighted by Gasteiger charge is -2.08. The molecule has 0 fully saturated rings. The van der Waals surface area contributed by atoms with E-state index >= 15 is 0 Å². The van der Waals surface area contributed by atoms with Crippen molar-refractivity contribution in [2.24, 2.45) is 0 Å². The van der Waals surface area contributed by atoms with Crippen LogP contribution in [0.25, 0.3) is 0 Å². The number of benzene rings is 2. The number of carbonyl (C=O) groups is 1. The Morgan fingerprint density at radius 1 is 1.13 bits per heavy atom. The molecule has 8 heteroatoms. The van der Waals surface area contributed by atoms with Crippen LogP contribution in [0.15, 0.2) is 47.4 Å². The van der Waals surface area contributed by atoms with E-state index in [1.165, 1.54) is 0 Å². The van der Waals surface area contributed by atoms with Gasteiger partial charge in [-0.15, -0.1) is 0 Å². The molecule has 0 aliphatic rings. The van der Waals surface area contributed by atoms with E-state index in [4.69, 9.17) is 16.7 Å². The highest BCUT2D eigenvalue weighted by Crippen LogP contribution is 2.21. The summed E-state index contributed by atoms with van der Waals surface area (Å²) in [5.74, 6) is -1.89. The number of aromatic carboxylic acids is 1. The normalized spacial score (nSPS) is 11.3. The van der Waals surface area contributed by atoms with Gasteiger partial charge in [0.25, 0.3) is 0 Å². The van der Waals surface area contributed by atoms with Gasteiger partial charge in [0.2, 0.25) is 10.0 Å². The Kier molecular flexibility index (Phi) is 5.25. The molecular weight excluding hydrogens is 342 g/mol. The number of halogens is 1. The lowest BCUT2D eigenvalue weighted by atomic mass is 10.2. The number of rotatable bonds is 6. The van der Waals surface area contributed by atoms with Crippen molar-refractivity contribution in [1.82, 2.24) is 4.72 Å². The molecule has 0 aliphatic carbocycles. The first-order valence-electron chi connectivity index (χ1n) is 6.60. The van der Waals surface area contributed by atoms with Gasteiger partial charge in [0.15, 0.2) is 0 Å². The molecule has 3 N–H and O–H groups in total. The summed E-state index contributed by atoms with van der Waals surface area (Å²) in [7, 11) is -3.86. The first-order valence-corrected chi connectivity index (χ1v) is 8.46. The summed E-state index contributed by atoms with van der Waals surface area (Å²) in [5.41, 5.74) is 0.444. The van der Waals surface area contributed by atoms with Crippen molar-refractivity contribution in [3.05, 3.63) is 58.6 Å². The fraction of sp³-hybridized carbons (Fsp3) is 0.133. The zero-order valence-electron chi connectivity index (χ0n) is 11.9. The quantitative estimate of drug-likeness (QED) is 0.737. The number of phenols is 1. The van der Waals surface area contributed by atoms with Crippen molar-refractivity contribution >= 4 is 27.6 Å². The molecule has 0 amide bonds. The number of hydrogen-bond acceptors (Lipinski definition) is 4. The van der Waals surface area contributed by atoms with E-state index in [0.717, 1.165) is 23.8 Å². The van der Waals surface area contributed by atoms with Crippen molar-refractivity contribution in [3.63, 3.8) is 0 Å². The van der Waals surface area contributed by atoms with E-state index < -0.39 is 27.3 Å². The van der Waals surface area contributed by atoms with Gasteiger partial charge in [0.05, 0.1) is 4.90 Å². The van der Waals surface area contributed by atoms with E-state index in [-0.39, 0.29) is 11.4 Å². The maximum absolute atomic E-state index is 12.2. The molecule has 0 unspecified atom stereocenters. The monoisotopic (exact) mass is 355 g/mol. The van der Waals surface area contributed by atoms with Gasteiger partial charge in [0.1, 0.15) is 11.3 Å². The van der Waals surface area contributed by atoms with Gasteiger partial charge in [-0.3, -0.25) is 0 Å². The van der Waals surface area contributed by atoms with E-state index in [2.05, 4.69) is 4.72 Å². The first-order chi connectivity index (χ1) is 10.8. The van der Waals surface area contributed by atoms with Gasteiger partial charge in [-0.25, -0.2) is 17.9 Å². The molecule has 6 nitrogen and oxygen atoms in total. The van der Waals surface area contributed by atoms with Crippen LogP contribution in [0.3, 0.4) is 0 Å². The summed E-state index contributed by atoms with van der Waals surface area (Å²) in [5, 5.41) is 18.9. The number of aromatic hydroxyl groups is 1. The lowest BCUT2D eigenvalue weighted by Crippen LogP contribution is -2.26. The zero-order chi connectivity index (χ0) is 17.0. The van der Waals surface area contributed by atoms with Gasteiger partial charge >= 0.3 is 5.97 Å². The minimum Gasteiger partial charge on any atom is -0.507 e. The predicted octanol–water partition coefficient (Wildman–Crippen LogP) is 2.26. The van der Waals surface area contributed by atoms with Crippen molar-refractivity contribution < 1.29 is 23.4 Å². The fourth-order valence-electron chi connectivity index (χ4n) is 1.92. The third-order valence-corrected chi connectivity index (χ3v) is 4.84. The second kappa shape index (κ2) is 6.99. The predicted molar refractivity (Wildman–Crippen MR) is 85.4 cm³/mol. The smallest absolute Gasteiger partial charge is 0.339 e. The second-order valence-corrected chi connectivity index (χ2v) is 6.96. The SMILES string of the molecule is O=C(O)c1cc(S(=O)(=O)NCCc2ccc(Cl)cc2)ccc1O. The van der Waals surface area contributed by atoms with Crippen LogP contribution in [0.2, 0.25) is 5.02 Å². The fourth-order valence-corrected chi connectivity index (χ4v) is 3.10. The summed E-state index contributed by atoms with van der Waals surface area (Å²) in [6, 6.07) is 10.1. The highest BCUT2D eigenvalue weighted by Gasteiger charge is 2.18. The van der Waals surface area contributed by atoms with Gasteiger partial charge in [-0.1, -0.05) is 23.7 Å². The Morgan fingerprint density at radius 3 is 2.39 bits per heavy atom. The molecular formula is C15H14ClNO5S. The second-order valence-electron chi connectivity index (χ2n) is 4.76. The average molecular weight is 356 g/mol. The van der Waals surface area contributed by atoms with Crippen LogP contribution >= 0.6 is 11.6 Å². The van der Waals surface area contributed by atoms with E-state index in [9.17, 15) is 18.3 Å². The van der Waals surface area contributed by atoms with Crippen LogP contribution in [0.1, 0.15) is 15.9 Å². The Hall–Kier alpha value is -2.09. The molecule has 2 aromatic carbocycles. The highest BCUT2D eigenvalue weighted by molar-refractivity contribution is 7.89. The van der Waals surface area contributed by atoms with Gasteiger partial charge in [-0.2, -0.15) is 0 Å². The zero-order valence-corrected chi connectivity index (χ0v) is 13.4. The van der Waals surface area contributed by atoms with Crippen LogP contribution in [0, 0.1) is 0 Å². The Labute approximate surface area is 138 Å².